The maximum Gasteiger partial charge on any atom is 0.248 e. The Bertz CT molecular complexity index is 941. The normalized spacial score (nSPS) is 15.5. The van der Waals surface area contributed by atoms with Gasteiger partial charge in [0.1, 0.15) is 17.9 Å². The van der Waals surface area contributed by atoms with Crippen LogP contribution in [0.25, 0.3) is 0 Å². The number of pyridine rings is 1. The number of nitrogens with zero attached hydrogens (tertiary/aromatic N) is 2. The molecule has 2 heterocycles. The Kier molecular flexibility index (Phi) is 9.85. The van der Waals surface area contributed by atoms with Crippen molar-refractivity contribution in [3.8, 4) is 0 Å². The summed E-state index contributed by atoms with van der Waals surface area (Å²) >= 11 is 0. The Balaban J connectivity index is 0.000000534. The molecule has 0 radical (unpaired) electrons. The van der Waals surface area contributed by atoms with Crippen molar-refractivity contribution in [1.29, 1.82) is 0 Å². The molecule has 0 spiro atoms. The molecular weight excluding hydrogens is 448 g/mol. The molecule has 1 aliphatic heterocycles. The second-order valence-electron chi connectivity index (χ2n) is 7.22. The van der Waals surface area contributed by atoms with Crippen LogP contribution in [0.2, 0.25) is 0 Å². The van der Waals surface area contributed by atoms with Gasteiger partial charge in [-0.15, -0.1) is 0 Å². The summed E-state index contributed by atoms with van der Waals surface area (Å²) in [5.41, 5.74) is 0.510. The predicted molar refractivity (Wildman–Crippen MR) is 119 cm³/mol. The fourth-order valence-electron chi connectivity index (χ4n) is 3.39. The zero-order chi connectivity index (χ0) is 22.1. The Morgan fingerprint density at radius 1 is 1.09 bits per heavy atom. The number of anilines is 1. The maximum absolute atomic E-state index is 12.7. The van der Waals surface area contributed by atoms with Gasteiger partial charge in [0, 0.05) is 29.8 Å². The minimum Gasteiger partial charge on any atom is -0.748 e. The van der Waals surface area contributed by atoms with E-state index in [-0.39, 0.29) is 34.8 Å². The third-order valence-corrected chi connectivity index (χ3v) is 4.95. The summed E-state index contributed by atoms with van der Waals surface area (Å²) in [4.78, 5) is 43.0. The summed E-state index contributed by atoms with van der Waals surface area (Å²) in [7, 11) is 0. The molecule has 1 fully saturated rings. The molecule has 174 valence electrons. The van der Waals surface area contributed by atoms with Crippen LogP contribution in [0, 0.1) is 0 Å². The van der Waals surface area contributed by atoms with Crippen molar-refractivity contribution in [2.75, 3.05) is 11.9 Å². The first kappa shape index (κ1) is 25.0. The van der Waals surface area contributed by atoms with Crippen molar-refractivity contribution in [1.82, 2.24) is 15.2 Å². The molecule has 3 amide bonds. The van der Waals surface area contributed by atoms with Crippen molar-refractivity contribution in [3.05, 3.63) is 84.6 Å². The largest absolute Gasteiger partial charge is 0.748 e. The smallest absolute Gasteiger partial charge is 0.248 e. The van der Waals surface area contributed by atoms with E-state index in [9.17, 15) is 14.4 Å². The zero-order valence-corrected chi connectivity index (χ0v) is 18.9. The van der Waals surface area contributed by atoms with Gasteiger partial charge in [-0.25, -0.2) is 17.1 Å². The van der Waals surface area contributed by atoms with Gasteiger partial charge in [0.15, 0.2) is 5.91 Å². The molecule has 3 aromatic rings. The van der Waals surface area contributed by atoms with E-state index in [0.29, 0.717) is 24.3 Å². The number of hydrogen-bond donors (Lipinski definition) is 2. The third-order valence-electron chi connectivity index (χ3n) is 4.95. The first-order chi connectivity index (χ1) is 15.1. The van der Waals surface area contributed by atoms with Gasteiger partial charge in [-0.1, -0.05) is 11.6 Å². The van der Waals surface area contributed by atoms with E-state index >= 15 is 0 Å². The molecule has 0 bridgehead atoms. The van der Waals surface area contributed by atoms with Gasteiger partial charge in [0.05, 0.1) is 0 Å². The average Bonchev–Trinajstić information content (AvgIpc) is 3.57. The molecule has 8 heteroatoms. The van der Waals surface area contributed by atoms with Gasteiger partial charge in [-0.3, -0.25) is 14.4 Å². The minimum atomic E-state index is -0.708. The second-order valence-corrected chi connectivity index (χ2v) is 7.22. The fraction of sp³-hybridized carbons (Fsp3) is 0.250. The molecule has 1 aromatic heterocycles. The SMILES string of the molecule is CC(NC(=O)[c-]1cccc1)C(=O)N1CCCC1C(=O)Nc1ccccn1.[Fe].[cH-]1[cH-][cH-][cH-][cH-]1. The average molecular weight is 474 g/mol. The van der Waals surface area contributed by atoms with E-state index in [1.807, 2.05) is 30.3 Å². The van der Waals surface area contributed by atoms with Crippen LogP contribution in [0.3, 0.4) is 0 Å². The molecule has 1 saturated heterocycles. The molecule has 2 atom stereocenters. The van der Waals surface area contributed by atoms with Crippen LogP contribution in [-0.4, -0.2) is 46.2 Å². The Hall–Kier alpha value is -3.22. The molecule has 2 unspecified atom stereocenters. The Morgan fingerprint density at radius 3 is 2.34 bits per heavy atom. The number of hydrogen-bond acceptors (Lipinski definition) is 4. The predicted octanol–water partition coefficient (Wildman–Crippen LogP) is 2.95. The second kappa shape index (κ2) is 12.6. The van der Waals surface area contributed by atoms with E-state index in [4.69, 9.17) is 0 Å². The van der Waals surface area contributed by atoms with Gasteiger partial charge in [0.25, 0.3) is 0 Å². The number of likely N-dealkylation sites (tertiary alicyclic amines) is 1. The number of carbonyl (C=O) groups excluding carboxylic acids is 3. The molecule has 2 aromatic carbocycles. The number of amides is 3. The summed E-state index contributed by atoms with van der Waals surface area (Å²) in [6.45, 7) is 2.13. The van der Waals surface area contributed by atoms with Crippen molar-refractivity contribution in [2.24, 2.45) is 0 Å². The Morgan fingerprint density at radius 2 is 1.75 bits per heavy atom. The quantitative estimate of drug-likeness (QED) is 0.440. The van der Waals surface area contributed by atoms with Crippen molar-refractivity contribution in [2.45, 2.75) is 31.8 Å². The Labute approximate surface area is 198 Å². The fourth-order valence-corrected chi connectivity index (χ4v) is 3.39. The summed E-state index contributed by atoms with van der Waals surface area (Å²) in [5.74, 6) is -0.369. The summed E-state index contributed by atoms with van der Waals surface area (Å²) in [6, 6.07) is 20.9. The number of aromatic nitrogens is 1. The molecule has 7 nitrogen and oxygen atoms in total. The van der Waals surface area contributed by atoms with Crippen molar-refractivity contribution >= 4 is 23.5 Å². The van der Waals surface area contributed by atoms with Gasteiger partial charge >= 0.3 is 0 Å². The van der Waals surface area contributed by atoms with Gasteiger partial charge in [-0.2, -0.15) is 12.1 Å². The van der Waals surface area contributed by atoms with Crippen LogP contribution in [0.15, 0.2) is 79.0 Å². The summed E-state index contributed by atoms with van der Waals surface area (Å²) < 4.78 is 0. The monoisotopic (exact) mass is 474 g/mol. The number of nitrogens with one attached hydrogen (secondary N) is 2. The van der Waals surface area contributed by atoms with Gasteiger partial charge in [0.2, 0.25) is 11.8 Å². The van der Waals surface area contributed by atoms with Crippen LogP contribution in [0.5, 0.6) is 0 Å². The van der Waals surface area contributed by atoms with Crippen LogP contribution >= 0.6 is 0 Å². The first-order valence-electron chi connectivity index (χ1n) is 10.3. The van der Waals surface area contributed by atoms with E-state index < -0.39 is 12.1 Å². The van der Waals surface area contributed by atoms with Gasteiger partial charge < -0.3 is 45.9 Å². The molecule has 0 saturated carbocycles. The zero-order valence-electron chi connectivity index (χ0n) is 17.8. The van der Waals surface area contributed by atoms with E-state index in [0.717, 1.165) is 6.42 Å². The van der Waals surface area contributed by atoms with Crippen molar-refractivity contribution < 1.29 is 31.5 Å². The summed E-state index contributed by atoms with van der Waals surface area (Å²) in [5, 5.41) is 5.43. The van der Waals surface area contributed by atoms with Crippen LogP contribution in [-0.2, 0) is 26.7 Å². The minimum absolute atomic E-state index is 0. The first-order valence-corrected chi connectivity index (χ1v) is 10.3. The molecule has 4 rings (SSSR count). The summed E-state index contributed by atoms with van der Waals surface area (Å²) in [6.07, 6.45) is 2.93. The molecule has 2 N–H and O–H groups in total. The topological polar surface area (TPSA) is 91.4 Å². The molecule has 1 aliphatic rings. The molecular formula is C24H26FeN4O3-6. The number of carbonyl (C=O) groups is 3. The maximum atomic E-state index is 12.7. The molecule has 32 heavy (non-hydrogen) atoms. The standard InChI is InChI=1S/C19H21N4O3.C5H5.Fe/c1-13(21-17(24)14-7-2-3-8-14)19(26)23-12-6-9-15(23)18(25)22-16-10-4-5-11-20-16;1-2-4-5-3-1;/h2-5,7-8,10-11,13,15H,6,9,12H2,1H3,(H,21,24)(H,20,22,25);1-5H;/q-1;-5;. The van der Waals surface area contributed by atoms with E-state index in [2.05, 4.69) is 15.6 Å². The van der Waals surface area contributed by atoms with E-state index in [1.54, 1.807) is 55.6 Å². The number of rotatable bonds is 5. The third kappa shape index (κ3) is 6.90. The van der Waals surface area contributed by atoms with Crippen LogP contribution in [0.4, 0.5) is 5.82 Å². The van der Waals surface area contributed by atoms with Gasteiger partial charge in [-0.05, 0) is 31.9 Å². The van der Waals surface area contributed by atoms with Crippen molar-refractivity contribution in [3.63, 3.8) is 0 Å². The molecule has 0 aliphatic carbocycles. The van der Waals surface area contributed by atoms with Crippen LogP contribution < -0.4 is 10.6 Å². The van der Waals surface area contributed by atoms with Crippen LogP contribution in [0.1, 0.15) is 30.1 Å². The van der Waals surface area contributed by atoms with E-state index in [1.165, 1.54) is 4.90 Å².